The van der Waals surface area contributed by atoms with Gasteiger partial charge >= 0.3 is 0 Å². The predicted octanol–water partition coefficient (Wildman–Crippen LogP) is 2.33. The van der Waals surface area contributed by atoms with Crippen molar-refractivity contribution in [3.05, 3.63) is 39.8 Å². The van der Waals surface area contributed by atoms with Gasteiger partial charge in [-0.05, 0) is 26.0 Å². The summed E-state index contributed by atoms with van der Waals surface area (Å²) in [5.41, 5.74) is 0.765. The number of ether oxygens (including phenoxy) is 2. The first-order chi connectivity index (χ1) is 10.1. The van der Waals surface area contributed by atoms with Crippen molar-refractivity contribution >= 4 is 17.2 Å². The van der Waals surface area contributed by atoms with Crippen LogP contribution in [0.25, 0.3) is 0 Å². The number of carbonyl (C=O) groups is 1. The normalized spacial score (nSPS) is 16.6. The van der Waals surface area contributed by atoms with Gasteiger partial charge in [0.15, 0.2) is 11.5 Å². The first-order valence-corrected chi connectivity index (χ1v) is 7.56. The van der Waals surface area contributed by atoms with Crippen molar-refractivity contribution in [2.75, 3.05) is 13.2 Å². The highest BCUT2D eigenvalue weighted by Gasteiger charge is 2.22. The van der Waals surface area contributed by atoms with Crippen molar-refractivity contribution in [1.29, 1.82) is 0 Å². The van der Waals surface area contributed by atoms with E-state index in [2.05, 4.69) is 10.3 Å². The fraction of sp³-hybridized carbons (Fsp3) is 0.333. The quantitative estimate of drug-likeness (QED) is 0.945. The van der Waals surface area contributed by atoms with Crippen LogP contribution in [0.5, 0.6) is 11.5 Å². The molecule has 1 aliphatic heterocycles. The van der Waals surface area contributed by atoms with Gasteiger partial charge in [-0.1, -0.05) is 12.1 Å². The lowest BCUT2D eigenvalue weighted by Crippen LogP contribution is -2.40. The van der Waals surface area contributed by atoms with Crippen molar-refractivity contribution in [2.24, 2.45) is 0 Å². The lowest BCUT2D eigenvalue weighted by atomic mass is 10.2. The maximum atomic E-state index is 12.1. The maximum absolute atomic E-state index is 12.1. The van der Waals surface area contributed by atoms with Gasteiger partial charge in [-0.25, -0.2) is 4.98 Å². The Bertz CT molecular complexity index is 669. The number of amides is 1. The van der Waals surface area contributed by atoms with Crippen molar-refractivity contribution < 1.29 is 14.3 Å². The van der Waals surface area contributed by atoms with Gasteiger partial charge < -0.3 is 14.8 Å². The molecule has 1 N–H and O–H groups in total. The van der Waals surface area contributed by atoms with Gasteiger partial charge in [-0.15, -0.1) is 11.3 Å². The highest BCUT2D eigenvalue weighted by molar-refractivity contribution is 7.13. The fourth-order valence-corrected chi connectivity index (χ4v) is 3.03. The number of rotatable bonds is 3. The average molecular weight is 304 g/mol. The van der Waals surface area contributed by atoms with E-state index in [1.165, 1.54) is 11.3 Å². The molecule has 5 nitrogen and oxygen atoms in total. The summed E-state index contributed by atoms with van der Waals surface area (Å²) in [6, 6.07) is 7.53. The molecule has 0 radical (unpaired) electrons. The third kappa shape index (κ3) is 3.00. The number of aromatic nitrogens is 1. The third-order valence-corrected chi connectivity index (χ3v) is 4.24. The molecule has 1 aromatic carbocycles. The summed E-state index contributed by atoms with van der Waals surface area (Å²) < 4.78 is 11.4. The van der Waals surface area contributed by atoms with Gasteiger partial charge in [0.05, 0.1) is 17.2 Å². The molecule has 0 fully saturated rings. The molecule has 110 valence electrons. The van der Waals surface area contributed by atoms with Gasteiger partial charge in [0.1, 0.15) is 17.6 Å². The van der Waals surface area contributed by atoms with Crippen LogP contribution in [0.2, 0.25) is 0 Å². The number of aryl methyl sites for hydroxylation is 2. The number of nitrogens with one attached hydrogen (secondary N) is 1. The van der Waals surface area contributed by atoms with E-state index in [4.69, 9.17) is 9.47 Å². The standard InChI is InChI=1S/C15H16N2O3S/c1-9-14(21-10(2)17-9)15(18)16-7-11-8-19-12-5-3-4-6-13(12)20-11/h3-6,11H,7-8H2,1-2H3,(H,16,18)/t11-/m1/s1. The van der Waals surface area contributed by atoms with Crippen LogP contribution in [-0.4, -0.2) is 30.1 Å². The number of thiazole rings is 1. The van der Waals surface area contributed by atoms with Crippen molar-refractivity contribution in [2.45, 2.75) is 20.0 Å². The van der Waals surface area contributed by atoms with E-state index in [0.29, 0.717) is 23.8 Å². The van der Waals surface area contributed by atoms with E-state index in [-0.39, 0.29) is 12.0 Å². The minimum absolute atomic E-state index is 0.111. The summed E-state index contributed by atoms with van der Waals surface area (Å²) >= 11 is 1.40. The van der Waals surface area contributed by atoms with Crippen LogP contribution in [0.3, 0.4) is 0 Å². The lowest BCUT2D eigenvalue weighted by Gasteiger charge is -2.26. The number of benzene rings is 1. The fourth-order valence-electron chi connectivity index (χ4n) is 2.19. The van der Waals surface area contributed by atoms with Crippen LogP contribution in [0.15, 0.2) is 24.3 Å². The second kappa shape index (κ2) is 5.73. The van der Waals surface area contributed by atoms with Crippen LogP contribution >= 0.6 is 11.3 Å². The second-order valence-corrected chi connectivity index (χ2v) is 6.06. The summed E-state index contributed by atoms with van der Waals surface area (Å²) in [6.45, 7) is 4.57. The molecule has 0 saturated heterocycles. The Morgan fingerprint density at radius 1 is 1.38 bits per heavy atom. The molecule has 1 aromatic heterocycles. The molecular weight excluding hydrogens is 288 g/mol. The number of nitrogens with zero attached hydrogens (tertiary/aromatic N) is 1. The summed E-state index contributed by atoms with van der Waals surface area (Å²) in [6.07, 6.45) is -0.182. The summed E-state index contributed by atoms with van der Waals surface area (Å²) in [5, 5.41) is 3.77. The Morgan fingerprint density at radius 3 is 2.86 bits per heavy atom. The molecule has 0 unspecified atom stereocenters. The summed E-state index contributed by atoms with van der Waals surface area (Å²) in [5.74, 6) is 1.35. The van der Waals surface area contributed by atoms with E-state index in [9.17, 15) is 4.79 Å². The first kappa shape index (κ1) is 13.9. The average Bonchev–Trinajstić information content (AvgIpc) is 2.83. The molecule has 3 rings (SSSR count). The Kier molecular flexibility index (Phi) is 3.79. The number of carbonyl (C=O) groups excluding carboxylic acids is 1. The van der Waals surface area contributed by atoms with E-state index >= 15 is 0 Å². The van der Waals surface area contributed by atoms with Gasteiger partial charge in [0.2, 0.25) is 0 Å². The van der Waals surface area contributed by atoms with Crippen molar-refractivity contribution in [1.82, 2.24) is 10.3 Å². The third-order valence-electron chi connectivity index (χ3n) is 3.17. The minimum atomic E-state index is -0.182. The highest BCUT2D eigenvalue weighted by Crippen LogP contribution is 2.30. The Hall–Kier alpha value is -2.08. The molecule has 1 aliphatic rings. The molecule has 0 aliphatic carbocycles. The van der Waals surface area contributed by atoms with Crippen LogP contribution in [0.1, 0.15) is 20.4 Å². The molecule has 0 spiro atoms. The van der Waals surface area contributed by atoms with Gasteiger partial charge in [0.25, 0.3) is 5.91 Å². The molecule has 2 heterocycles. The monoisotopic (exact) mass is 304 g/mol. The van der Waals surface area contributed by atoms with Crippen LogP contribution in [-0.2, 0) is 0 Å². The highest BCUT2D eigenvalue weighted by atomic mass is 32.1. The maximum Gasteiger partial charge on any atom is 0.263 e. The van der Waals surface area contributed by atoms with Gasteiger partial charge in [0, 0.05) is 0 Å². The molecule has 21 heavy (non-hydrogen) atoms. The van der Waals surface area contributed by atoms with Crippen LogP contribution in [0, 0.1) is 13.8 Å². The predicted molar refractivity (Wildman–Crippen MR) is 80.3 cm³/mol. The molecule has 0 bridgehead atoms. The number of para-hydroxylation sites is 2. The lowest BCUT2D eigenvalue weighted by molar-refractivity contribution is 0.0791. The van der Waals surface area contributed by atoms with Gasteiger partial charge in [-0.3, -0.25) is 4.79 Å². The number of fused-ring (bicyclic) bond motifs is 1. The first-order valence-electron chi connectivity index (χ1n) is 6.74. The van der Waals surface area contributed by atoms with E-state index in [1.54, 1.807) is 0 Å². The summed E-state index contributed by atoms with van der Waals surface area (Å²) in [7, 11) is 0. The Balaban J connectivity index is 1.59. The van der Waals surface area contributed by atoms with E-state index in [0.717, 1.165) is 16.5 Å². The zero-order chi connectivity index (χ0) is 14.8. The van der Waals surface area contributed by atoms with Crippen LogP contribution in [0.4, 0.5) is 0 Å². The topological polar surface area (TPSA) is 60.5 Å². The molecule has 1 atom stereocenters. The number of hydrogen-bond acceptors (Lipinski definition) is 5. The van der Waals surface area contributed by atoms with Crippen molar-refractivity contribution in [3.63, 3.8) is 0 Å². The zero-order valence-corrected chi connectivity index (χ0v) is 12.7. The molecule has 6 heteroatoms. The molecule has 1 amide bonds. The Labute approximate surface area is 126 Å². The Morgan fingerprint density at radius 2 is 2.14 bits per heavy atom. The number of hydrogen-bond donors (Lipinski definition) is 1. The van der Waals surface area contributed by atoms with Crippen LogP contribution < -0.4 is 14.8 Å². The molecule has 2 aromatic rings. The largest absolute Gasteiger partial charge is 0.486 e. The van der Waals surface area contributed by atoms with Gasteiger partial charge in [-0.2, -0.15) is 0 Å². The second-order valence-electron chi connectivity index (χ2n) is 4.86. The minimum Gasteiger partial charge on any atom is -0.486 e. The molecular formula is C15H16N2O3S. The molecule has 0 saturated carbocycles. The zero-order valence-electron chi connectivity index (χ0n) is 11.9. The van der Waals surface area contributed by atoms with E-state index in [1.807, 2.05) is 38.1 Å². The SMILES string of the molecule is Cc1nc(C)c(C(=O)NC[C@@H]2COc3ccccc3O2)s1. The smallest absolute Gasteiger partial charge is 0.263 e. The van der Waals surface area contributed by atoms with E-state index < -0.39 is 0 Å². The van der Waals surface area contributed by atoms with Crippen molar-refractivity contribution in [3.8, 4) is 11.5 Å². The summed E-state index contributed by atoms with van der Waals surface area (Å²) in [4.78, 5) is 17.0.